The Balaban J connectivity index is 1.55. The van der Waals surface area contributed by atoms with Gasteiger partial charge in [0.25, 0.3) is 0 Å². The topological polar surface area (TPSA) is 99.7 Å². The Morgan fingerprint density at radius 2 is 2.00 bits per heavy atom. The van der Waals surface area contributed by atoms with Crippen molar-refractivity contribution in [2.75, 3.05) is 23.3 Å². The predicted molar refractivity (Wildman–Crippen MR) is 122 cm³/mol. The molecule has 2 aliphatic rings. The molecule has 3 heterocycles. The van der Waals surface area contributed by atoms with Gasteiger partial charge in [-0.2, -0.15) is 4.31 Å². The van der Waals surface area contributed by atoms with Crippen LogP contribution in [0.4, 0.5) is 11.5 Å². The number of aromatic nitrogens is 1. The Morgan fingerprint density at radius 3 is 2.75 bits per heavy atom. The third-order valence-corrected chi connectivity index (χ3v) is 8.09. The molecule has 1 fully saturated rings. The summed E-state index contributed by atoms with van der Waals surface area (Å²) < 4.78 is 28.0. The smallest absolute Gasteiger partial charge is 0.245 e. The van der Waals surface area contributed by atoms with Crippen LogP contribution in [0.15, 0.2) is 41.4 Å². The van der Waals surface area contributed by atoms with Crippen molar-refractivity contribution in [1.82, 2.24) is 9.29 Å². The molecular formula is C23H28N4O4S. The van der Waals surface area contributed by atoms with Crippen molar-refractivity contribution >= 4 is 33.3 Å². The van der Waals surface area contributed by atoms with E-state index < -0.39 is 10.0 Å². The molecule has 170 valence electrons. The summed E-state index contributed by atoms with van der Waals surface area (Å²) >= 11 is 0. The number of hydrogen-bond acceptors (Lipinski definition) is 5. The fraction of sp³-hybridized carbons (Fsp3) is 0.435. The summed E-state index contributed by atoms with van der Waals surface area (Å²) in [7, 11) is -3.60. The molecule has 0 bridgehead atoms. The minimum Gasteiger partial charge on any atom is -0.309 e. The highest BCUT2D eigenvalue weighted by Crippen LogP contribution is 2.32. The molecule has 0 radical (unpaired) electrons. The number of hydrogen-bond donors (Lipinski definition) is 1. The highest BCUT2D eigenvalue weighted by molar-refractivity contribution is 7.89. The lowest BCUT2D eigenvalue weighted by Gasteiger charge is -2.33. The summed E-state index contributed by atoms with van der Waals surface area (Å²) in [6.07, 6.45) is 5.04. The van der Waals surface area contributed by atoms with Crippen LogP contribution in [0.25, 0.3) is 0 Å². The van der Waals surface area contributed by atoms with Gasteiger partial charge < -0.3 is 10.2 Å². The Bertz CT molecular complexity index is 1150. The van der Waals surface area contributed by atoms with E-state index in [0.29, 0.717) is 24.5 Å². The van der Waals surface area contributed by atoms with E-state index in [1.807, 2.05) is 19.9 Å². The van der Waals surface area contributed by atoms with Crippen molar-refractivity contribution in [3.8, 4) is 0 Å². The molecular weight excluding hydrogens is 428 g/mol. The van der Waals surface area contributed by atoms with Crippen LogP contribution in [-0.4, -0.2) is 48.7 Å². The van der Waals surface area contributed by atoms with Gasteiger partial charge in [0.05, 0.1) is 4.90 Å². The van der Waals surface area contributed by atoms with Crippen LogP contribution in [0.2, 0.25) is 0 Å². The van der Waals surface area contributed by atoms with Crippen LogP contribution in [-0.2, 0) is 26.0 Å². The molecule has 1 unspecified atom stereocenters. The summed E-state index contributed by atoms with van der Waals surface area (Å²) in [4.78, 5) is 30.9. The van der Waals surface area contributed by atoms with E-state index >= 15 is 0 Å². The van der Waals surface area contributed by atoms with Gasteiger partial charge in [-0.15, -0.1) is 0 Å². The van der Waals surface area contributed by atoms with Crippen LogP contribution in [0, 0.1) is 6.92 Å². The molecule has 1 N–H and O–H groups in total. The molecule has 1 aromatic heterocycles. The molecule has 1 aromatic carbocycles. The third kappa shape index (κ3) is 4.54. The number of nitrogens with zero attached hydrogens (tertiary/aromatic N) is 3. The van der Waals surface area contributed by atoms with E-state index in [9.17, 15) is 18.0 Å². The van der Waals surface area contributed by atoms with E-state index in [1.54, 1.807) is 34.8 Å². The Kier molecular flexibility index (Phi) is 6.30. The second-order valence-electron chi connectivity index (χ2n) is 8.50. The van der Waals surface area contributed by atoms with Gasteiger partial charge in [-0.3, -0.25) is 9.59 Å². The van der Waals surface area contributed by atoms with Crippen LogP contribution in [0.3, 0.4) is 0 Å². The zero-order valence-electron chi connectivity index (χ0n) is 18.4. The standard InChI is InChI=1S/C23H28N4O4S/c1-16-10-11-24-21(13-16)25-22(28)15-26-20-8-7-19(14-18(20)6-9-23(26)29)32(30,31)27-12-4-3-5-17(27)2/h7-8,10-11,13-14,17H,3-6,9,12,15H2,1-2H3,(H,24,25,28). The second kappa shape index (κ2) is 8.99. The first-order valence-electron chi connectivity index (χ1n) is 10.9. The zero-order chi connectivity index (χ0) is 22.9. The average molecular weight is 457 g/mol. The first-order valence-corrected chi connectivity index (χ1v) is 12.4. The Morgan fingerprint density at radius 1 is 1.19 bits per heavy atom. The second-order valence-corrected chi connectivity index (χ2v) is 10.4. The van der Waals surface area contributed by atoms with Crippen LogP contribution in [0.5, 0.6) is 0 Å². The average Bonchev–Trinajstić information content (AvgIpc) is 2.75. The van der Waals surface area contributed by atoms with Gasteiger partial charge in [0.1, 0.15) is 12.4 Å². The molecule has 0 spiro atoms. The molecule has 32 heavy (non-hydrogen) atoms. The first-order chi connectivity index (χ1) is 15.3. The fourth-order valence-electron chi connectivity index (χ4n) is 4.36. The molecule has 8 nitrogen and oxygen atoms in total. The van der Waals surface area contributed by atoms with Crippen molar-refractivity contribution in [3.63, 3.8) is 0 Å². The van der Waals surface area contributed by atoms with Crippen LogP contribution in [0.1, 0.15) is 43.7 Å². The molecule has 0 saturated carbocycles. The number of fused-ring (bicyclic) bond motifs is 1. The number of nitrogens with one attached hydrogen (secondary N) is 1. The third-order valence-electron chi connectivity index (χ3n) is 6.08. The number of pyridine rings is 1. The molecule has 0 aliphatic carbocycles. The normalized spacial score (nSPS) is 19.5. The quantitative estimate of drug-likeness (QED) is 0.746. The van der Waals surface area contributed by atoms with E-state index in [1.165, 1.54) is 4.90 Å². The van der Waals surface area contributed by atoms with Crippen LogP contribution < -0.4 is 10.2 Å². The maximum absolute atomic E-state index is 13.2. The fourth-order valence-corrected chi connectivity index (χ4v) is 6.12. The number of rotatable bonds is 5. The zero-order valence-corrected chi connectivity index (χ0v) is 19.2. The lowest BCUT2D eigenvalue weighted by molar-refractivity contribution is -0.121. The number of amides is 2. The Labute approximate surface area is 188 Å². The number of aryl methyl sites for hydroxylation is 2. The molecule has 2 aromatic rings. The van der Waals surface area contributed by atoms with E-state index in [0.717, 1.165) is 30.4 Å². The first kappa shape index (κ1) is 22.4. The minimum atomic E-state index is -3.60. The molecule has 2 amide bonds. The molecule has 1 atom stereocenters. The van der Waals surface area contributed by atoms with E-state index in [2.05, 4.69) is 10.3 Å². The summed E-state index contributed by atoms with van der Waals surface area (Å²) in [5.74, 6) is -0.0926. The van der Waals surface area contributed by atoms with Gasteiger partial charge in [0.15, 0.2) is 0 Å². The largest absolute Gasteiger partial charge is 0.309 e. The number of piperidine rings is 1. The maximum Gasteiger partial charge on any atom is 0.245 e. The highest BCUT2D eigenvalue weighted by Gasteiger charge is 2.33. The van der Waals surface area contributed by atoms with Crippen LogP contribution >= 0.6 is 0 Å². The van der Waals surface area contributed by atoms with Crippen molar-refractivity contribution in [2.24, 2.45) is 0 Å². The maximum atomic E-state index is 13.2. The number of carbonyl (C=O) groups is 2. The van der Waals surface area contributed by atoms with Gasteiger partial charge in [-0.25, -0.2) is 13.4 Å². The van der Waals surface area contributed by atoms with E-state index in [-0.39, 0.29) is 35.7 Å². The number of anilines is 2. The van der Waals surface area contributed by atoms with Crippen molar-refractivity contribution in [3.05, 3.63) is 47.7 Å². The lowest BCUT2D eigenvalue weighted by atomic mass is 10.0. The summed E-state index contributed by atoms with van der Waals surface area (Å²) in [5.41, 5.74) is 2.31. The van der Waals surface area contributed by atoms with Crippen molar-refractivity contribution < 1.29 is 18.0 Å². The summed E-state index contributed by atoms with van der Waals surface area (Å²) in [6, 6.07) is 8.40. The number of benzene rings is 1. The van der Waals surface area contributed by atoms with Gasteiger partial charge in [0.2, 0.25) is 21.8 Å². The van der Waals surface area contributed by atoms with Crippen molar-refractivity contribution in [1.29, 1.82) is 0 Å². The van der Waals surface area contributed by atoms with Crippen molar-refractivity contribution in [2.45, 2.75) is 56.9 Å². The summed E-state index contributed by atoms with van der Waals surface area (Å²) in [5, 5.41) is 2.72. The van der Waals surface area contributed by atoms with Gasteiger partial charge >= 0.3 is 0 Å². The molecule has 2 aliphatic heterocycles. The monoisotopic (exact) mass is 456 g/mol. The van der Waals surface area contributed by atoms with Gasteiger partial charge in [0, 0.05) is 30.9 Å². The number of carbonyl (C=O) groups excluding carboxylic acids is 2. The van der Waals surface area contributed by atoms with Gasteiger partial charge in [-0.05, 0) is 74.6 Å². The predicted octanol–water partition coefficient (Wildman–Crippen LogP) is 2.87. The SMILES string of the molecule is Cc1ccnc(NC(=O)CN2C(=O)CCc3cc(S(=O)(=O)N4CCCCC4C)ccc32)c1. The molecule has 9 heteroatoms. The molecule has 4 rings (SSSR count). The Hall–Kier alpha value is -2.78. The molecule has 1 saturated heterocycles. The van der Waals surface area contributed by atoms with E-state index in [4.69, 9.17) is 0 Å². The summed E-state index contributed by atoms with van der Waals surface area (Å²) in [6.45, 7) is 4.21. The number of sulfonamides is 1. The minimum absolute atomic E-state index is 0.0261. The highest BCUT2D eigenvalue weighted by atomic mass is 32.2. The lowest BCUT2D eigenvalue weighted by Crippen LogP contribution is -2.42. The van der Waals surface area contributed by atoms with Gasteiger partial charge in [-0.1, -0.05) is 6.42 Å².